The minimum absolute atomic E-state index is 0.294. The number of benzene rings is 2. The van der Waals surface area contributed by atoms with Gasteiger partial charge in [0.25, 0.3) is 0 Å². The highest BCUT2D eigenvalue weighted by Gasteiger charge is 2.17. The molecule has 5 nitrogen and oxygen atoms in total. The van der Waals surface area contributed by atoms with E-state index in [-0.39, 0.29) is 18.3 Å². The first kappa shape index (κ1) is 17.4. The van der Waals surface area contributed by atoms with Gasteiger partial charge in [0.15, 0.2) is 12.4 Å². The number of carbonyl (C=O) groups is 3. The van der Waals surface area contributed by atoms with Crippen LogP contribution in [0.3, 0.4) is 0 Å². The van der Waals surface area contributed by atoms with Crippen molar-refractivity contribution in [2.75, 3.05) is 6.61 Å². The van der Waals surface area contributed by atoms with Gasteiger partial charge in [-0.05, 0) is 18.1 Å². The summed E-state index contributed by atoms with van der Waals surface area (Å²) in [5.74, 6) is -1.26. The molecule has 0 unspecified atom stereocenters. The SMILES string of the molecule is CC(=O)N[C@@H](C)C(=O)OCC(=O)c1ccc(-c2ccccc2)cc1. The number of hydrogen-bond acceptors (Lipinski definition) is 4. The molecular weight excluding hydrogens is 306 g/mol. The number of Topliss-reactive ketones (excluding diaryl/α,β-unsaturated/α-hetero) is 1. The molecule has 2 rings (SSSR count). The zero-order valence-corrected chi connectivity index (χ0v) is 13.6. The summed E-state index contributed by atoms with van der Waals surface area (Å²) in [7, 11) is 0. The van der Waals surface area contributed by atoms with Gasteiger partial charge in [0.2, 0.25) is 5.91 Å². The molecule has 0 aliphatic heterocycles. The molecular formula is C19H19NO4. The van der Waals surface area contributed by atoms with Crippen LogP contribution >= 0.6 is 0 Å². The lowest BCUT2D eigenvalue weighted by Gasteiger charge is -2.11. The second kappa shape index (κ2) is 8.06. The highest BCUT2D eigenvalue weighted by Crippen LogP contribution is 2.19. The molecule has 24 heavy (non-hydrogen) atoms. The molecule has 0 fully saturated rings. The average Bonchev–Trinajstić information content (AvgIpc) is 2.59. The van der Waals surface area contributed by atoms with Crippen molar-refractivity contribution in [1.29, 1.82) is 0 Å². The Morgan fingerprint density at radius 2 is 1.54 bits per heavy atom. The van der Waals surface area contributed by atoms with Crippen LogP contribution in [0.1, 0.15) is 24.2 Å². The molecule has 0 aliphatic rings. The lowest BCUT2D eigenvalue weighted by molar-refractivity contribution is -0.146. The predicted octanol–water partition coefficient (Wildman–Crippen LogP) is 2.60. The molecule has 0 saturated carbocycles. The van der Waals surface area contributed by atoms with Crippen LogP contribution in [0.5, 0.6) is 0 Å². The monoisotopic (exact) mass is 325 g/mol. The van der Waals surface area contributed by atoms with Crippen molar-refractivity contribution < 1.29 is 19.1 Å². The maximum Gasteiger partial charge on any atom is 0.328 e. The summed E-state index contributed by atoms with van der Waals surface area (Å²) in [5, 5.41) is 2.41. The topological polar surface area (TPSA) is 72.5 Å². The Kier molecular flexibility index (Phi) is 5.84. The van der Waals surface area contributed by atoms with Gasteiger partial charge in [-0.25, -0.2) is 4.79 Å². The Balaban J connectivity index is 1.93. The molecule has 1 atom stereocenters. The first-order valence-electron chi connectivity index (χ1n) is 7.60. The van der Waals surface area contributed by atoms with E-state index in [9.17, 15) is 14.4 Å². The maximum absolute atomic E-state index is 12.1. The van der Waals surface area contributed by atoms with Crippen molar-refractivity contribution in [2.24, 2.45) is 0 Å². The number of ketones is 1. The van der Waals surface area contributed by atoms with Crippen LogP contribution in [0.25, 0.3) is 11.1 Å². The van der Waals surface area contributed by atoms with Gasteiger partial charge >= 0.3 is 5.97 Å². The molecule has 0 aliphatic carbocycles. The largest absolute Gasteiger partial charge is 0.456 e. The Morgan fingerprint density at radius 1 is 0.958 bits per heavy atom. The normalized spacial score (nSPS) is 11.4. The van der Waals surface area contributed by atoms with E-state index in [1.807, 2.05) is 42.5 Å². The van der Waals surface area contributed by atoms with E-state index in [1.54, 1.807) is 12.1 Å². The molecule has 2 aromatic rings. The summed E-state index contributed by atoms with van der Waals surface area (Å²) in [5.41, 5.74) is 2.53. The number of amides is 1. The van der Waals surface area contributed by atoms with Crippen molar-refractivity contribution >= 4 is 17.7 Å². The molecule has 0 radical (unpaired) electrons. The van der Waals surface area contributed by atoms with E-state index in [4.69, 9.17) is 4.74 Å². The Bertz CT molecular complexity index is 723. The van der Waals surface area contributed by atoms with Gasteiger partial charge in [-0.1, -0.05) is 54.6 Å². The van der Waals surface area contributed by atoms with Crippen LogP contribution in [-0.4, -0.2) is 30.3 Å². The third kappa shape index (κ3) is 4.78. The lowest BCUT2D eigenvalue weighted by Crippen LogP contribution is -2.38. The predicted molar refractivity (Wildman–Crippen MR) is 90.4 cm³/mol. The first-order valence-corrected chi connectivity index (χ1v) is 7.60. The summed E-state index contributed by atoms with van der Waals surface area (Å²) in [6.07, 6.45) is 0. The quantitative estimate of drug-likeness (QED) is 0.654. The number of carbonyl (C=O) groups excluding carboxylic acids is 3. The number of nitrogens with one attached hydrogen (secondary N) is 1. The van der Waals surface area contributed by atoms with E-state index in [2.05, 4.69) is 5.32 Å². The summed E-state index contributed by atoms with van der Waals surface area (Å²) < 4.78 is 4.93. The highest BCUT2D eigenvalue weighted by molar-refractivity contribution is 5.98. The number of esters is 1. The van der Waals surface area contributed by atoms with Crippen molar-refractivity contribution in [1.82, 2.24) is 5.32 Å². The van der Waals surface area contributed by atoms with Gasteiger partial charge in [0, 0.05) is 12.5 Å². The Morgan fingerprint density at radius 3 is 2.12 bits per heavy atom. The molecule has 0 spiro atoms. The van der Waals surface area contributed by atoms with E-state index >= 15 is 0 Å². The molecule has 5 heteroatoms. The fraction of sp³-hybridized carbons (Fsp3) is 0.211. The van der Waals surface area contributed by atoms with Crippen molar-refractivity contribution in [3.8, 4) is 11.1 Å². The highest BCUT2D eigenvalue weighted by atomic mass is 16.5. The molecule has 0 saturated heterocycles. The van der Waals surface area contributed by atoms with Gasteiger partial charge in [-0.3, -0.25) is 9.59 Å². The summed E-state index contributed by atoms with van der Waals surface area (Å²) in [6.45, 7) is 2.46. The number of ether oxygens (including phenoxy) is 1. The second-order valence-electron chi connectivity index (χ2n) is 5.40. The van der Waals surface area contributed by atoms with Crippen LogP contribution in [0.2, 0.25) is 0 Å². The average molecular weight is 325 g/mol. The minimum atomic E-state index is -0.782. The van der Waals surface area contributed by atoms with Crippen LogP contribution < -0.4 is 5.32 Å². The molecule has 0 bridgehead atoms. The zero-order chi connectivity index (χ0) is 17.5. The second-order valence-corrected chi connectivity index (χ2v) is 5.40. The maximum atomic E-state index is 12.1. The van der Waals surface area contributed by atoms with Crippen molar-refractivity contribution in [2.45, 2.75) is 19.9 Å². The first-order chi connectivity index (χ1) is 11.5. The van der Waals surface area contributed by atoms with E-state index in [0.717, 1.165) is 11.1 Å². The third-order valence-electron chi connectivity index (χ3n) is 3.43. The molecule has 2 aromatic carbocycles. The Labute approximate surface area is 140 Å². The molecule has 124 valence electrons. The summed E-state index contributed by atoms with van der Waals surface area (Å²) in [4.78, 5) is 34.6. The summed E-state index contributed by atoms with van der Waals surface area (Å²) in [6, 6.07) is 16.1. The standard InChI is InChI=1S/C19H19NO4/c1-13(20-14(2)21)19(23)24-12-18(22)17-10-8-16(9-11-17)15-6-4-3-5-7-15/h3-11,13H,12H2,1-2H3,(H,20,21)/t13-/m0/s1. The lowest BCUT2D eigenvalue weighted by atomic mass is 10.0. The van der Waals surface area contributed by atoms with Gasteiger partial charge < -0.3 is 10.1 Å². The van der Waals surface area contributed by atoms with E-state index in [0.29, 0.717) is 5.56 Å². The van der Waals surface area contributed by atoms with Gasteiger partial charge in [0.1, 0.15) is 6.04 Å². The van der Waals surface area contributed by atoms with E-state index in [1.165, 1.54) is 13.8 Å². The van der Waals surface area contributed by atoms with E-state index < -0.39 is 12.0 Å². The van der Waals surface area contributed by atoms with Crippen molar-refractivity contribution in [3.05, 3.63) is 60.2 Å². The third-order valence-corrected chi connectivity index (χ3v) is 3.43. The van der Waals surface area contributed by atoms with Gasteiger partial charge in [-0.2, -0.15) is 0 Å². The number of rotatable bonds is 6. The fourth-order valence-corrected chi connectivity index (χ4v) is 2.19. The van der Waals surface area contributed by atoms with Gasteiger partial charge in [-0.15, -0.1) is 0 Å². The summed E-state index contributed by atoms with van der Waals surface area (Å²) >= 11 is 0. The minimum Gasteiger partial charge on any atom is -0.456 e. The fourth-order valence-electron chi connectivity index (χ4n) is 2.19. The van der Waals surface area contributed by atoms with Crippen LogP contribution in [0, 0.1) is 0 Å². The number of hydrogen-bond donors (Lipinski definition) is 1. The molecule has 0 aromatic heterocycles. The molecule has 1 amide bonds. The Hall–Kier alpha value is -2.95. The molecule has 0 heterocycles. The van der Waals surface area contributed by atoms with Crippen LogP contribution in [0.4, 0.5) is 0 Å². The van der Waals surface area contributed by atoms with Crippen LogP contribution in [-0.2, 0) is 14.3 Å². The zero-order valence-electron chi connectivity index (χ0n) is 13.6. The van der Waals surface area contributed by atoms with Gasteiger partial charge in [0.05, 0.1) is 0 Å². The smallest absolute Gasteiger partial charge is 0.328 e. The molecule has 1 N–H and O–H groups in total. The van der Waals surface area contributed by atoms with Crippen molar-refractivity contribution in [3.63, 3.8) is 0 Å². The van der Waals surface area contributed by atoms with Crippen LogP contribution in [0.15, 0.2) is 54.6 Å².